The molecule has 1 saturated heterocycles. The van der Waals surface area contributed by atoms with Gasteiger partial charge in [0.25, 0.3) is 11.8 Å². The van der Waals surface area contributed by atoms with Crippen molar-refractivity contribution in [2.45, 2.75) is 46.1 Å². The Morgan fingerprint density at radius 1 is 1.17 bits per heavy atom. The van der Waals surface area contributed by atoms with Crippen LogP contribution in [0.15, 0.2) is 18.2 Å². The van der Waals surface area contributed by atoms with E-state index in [1.165, 1.54) is 0 Å². The van der Waals surface area contributed by atoms with E-state index in [0.29, 0.717) is 37.8 Å². The minimum atomic E-state index is -0.252. The molecule has 0 atom stereocenters. The van der Waals surface area contributed by atoms with Crippen LogP contribution in [-0.2, 0) is 24.1 Å². The number of ether oxygens (including phenoxy) is 1. The van der Waals surface area contributed by atoms with E-state index in [1.807, 2.05) is 29.7 Å². The summed E-state index contributed by atoms with van der Waals surface area (Å²) in [5.41, 5.74) is 4.27. The third kappa shape index (κ3) is 3.79. The molecule has 2 amide bonds. The average molecular weight is 396 g/mol. The third-order valence-electron chi connectivity index (χ3n) is 5.80. The van der Waals surface area contributed by atoms with Crippen LogP contribution in [0, 0.1) is 6.92 Å². The second kappa shape index (κ2) is 8.37. The van der Waals surface area contributed by atoms with E-state index in [9.17, 15) is 9.59 Å². The molecule has 0 bridgehead atoms. The maximum Gasteiger partial charge on any atom is 0.291 e. The summed E-state index contributed by atoms with van der Waals surface area (Å²) in [6.07, 6.45) is 3.60. The molecule has 4 rings (SSSR count). The molecule has 7 nitrogen and oxygen atoms in total. The number of carbonyl (C=O) groups is 2. The van der Waals surface area contributed by atoms with Gasteiger partial charge in [0.15, 0.2) is 5.82 Å². The van der Waals surface area contributed by atoms with Gasteiger partial charge < -0.3 is 19.5 Å². The molecule has 1 aromatic heterocycles. The normalized spacial score (nSPS) is 16.4. The summed E-state index contributed by atoms with van der Waals surface area (Å²) in [7, 11) is 0. The van der Waals surface area contributed by atoms with E-state index in [-0.39, 0.29) is 11.8 Å². The number of aryl methyl sites for hydroxylation is 2. The van der Waals surface area contributed by atoms with Crippen LogP contribution in [0.4, 0.5) is 5.69 Å². The van der Waals surface area contributed by atoms with Gasteiger partial charge in [0.1, 0.15) is 5.69 Å². The molecule has 0 radical (unpaired) electrons. The van der Waals surface area contributed by atoms with Crippen molar-refractivity contribution in [2.24, 2.45) is 0 Å². The van der Waals surface area contributed by atoms with Crippen molar-refractivity contribution < 1.29 is 14.3 Å². The van der Waals surface area contributed by atoms with Crippen LogP contribution >= 0.6 is 0 Å². The lowest BCUT2D eigenvalue weighted by Gasteiger charge is -2.26. The Labute approximate surface area is 171 Å². The molecule has 2 aliphatic heterocycles. The number of anilines is 1. The number of fused-ring (bicyclic) bond motifs is 1. The lowest BCUT2D eigenvalue weighted by Crippen LogP contribution is -2.41. The second-order valence-corrected chi connectivity index (χ2v) is 7.66. The van der Waals surface area contributed by atoms with Crippen LogP contribution in [0.2, 0.25) is 0 Å². The number of hydrogen-bond donors (Lipinski definition) is 1. The Balaban J connectivity index is 1.66. The molecule has 1 aromatic carbocycles. The first-order valence-electron chi connectivity index (χ1n) is 10.5. The van der Waals surface area contributed by atoms with Crippen LogP contribution in [0.25, 0.3) is 0 Å². The number of nitrogens with zero attached hydrogens (tertiary/aromatic N) is 3. The van der Waals surface area contributed by atoms with Crippen LogP contribution in [0.1, 0.15) is 57.7 Å². The number of carbonyl (C=O) groups excluding carboxylic acids is 2. The number of para-hydroxylation sites is 1. The molecule has 0 saturated carbocycles. The van der Waals surface area contributed by atoms with Gasteiger partial charge in [0.05, 0.1) is 18.9 Å². The lowest BCUT2D eigenvalue weighted by molar-refractivity contribution is 0.0298. The minimum absolute atomic E-state index is 0.0943. The van der Waals surface area contributed by atoms with Crippen LogP contribution in [-0.4, -0.2) is 52.6 Å². The monoisotopic (exact) mass is 396 g/mol. The molecule has 0 unspecified atom stereocenters. The average Bonchev–Trinajstić information content (AvgIpc) is 3.15. The Morgan fingerprint density at radius 3 is 2.72 bits per heavy atom. The Hall–Kier alpha value is -2.67. The molecular formula is C22H28N4O3. The zero-order valence-electron chi connectivity index (χ0n) is 17.2. The number of benzene rings is 1. The first kappa shape index (κ1) is 19.6. The molecule has 0 spiro atoms. The van der Waals surface area contributed by atoms with Crippen LogP contribution < -0.4 is 5.32 Å². The summed E-state index contributed by atoms with van der Waals surface area (Å²) in [5, 5.41) is 3.06. The maximum atomic E-state index is 13.2. The molecule has 0 aliphatic carbocycles. The van der Waals surface area contributed by atoms with Crippen LogP contribution in [0.5, 0.6) is 0 Å². The standard InChI is InChI=1S/C22H28N4O3/c1-3-16-8-6-7-15(2)18(16)24-21(27)20-23-19(17-9-4-5-10-26(17)20)22(28)25-11-13-29-14-12-25/h6-8H,3-5,9-14H2,1-2H3,(H,24,27). The minimum Gasteiger partial charge on any atom is -0.378 e. The van der Waals surface area contributed by atoms with E-state index in [1.54, 1.807) is 4.90 Å². The fourth-order valence-electron chi connectivity index (χ4n) is 4.18. The SMILES string of the molecule is CCc1cccc(C)c1NC(=O)c1nc(C(=O)N2CCOCC2)c2n1CCCC2. The van der Waals surface area contributed by atoms with Gasteiger partial charge >= 0.3 is 0 Å². The van der Waals surface area contributed by atoms with E-state index >= 15 is 0 Å². The number of rotatable bonds is 4. The highest BCUT2D eigenvalue weighted by atomic mass is 16.5. The Bertz CT molecular complexity index is 928. The van der Waals surface area contributed by atoms with Gasteiger partial charge in [-0.25, -0.2) is 4.98 Å². The van der Waals surface area contributed by atoms with Crippen molar-refractivity contribution in [2.75, 3.05) is 31.6 Å². The topological polar surface area (TPSA) is 76.5 Å². The molecule has 2 aromatic rings. The van der Waals surface area contributed by atoms with Crippen molar-refractivity contribution in [3.05, 3.63) is 46.5 Å². The third-order valence-corrected chi connectivity index (χ3v) is 5.80. The number of aromatic nitrogens is 2. The van der Waals surface area contributed by atoms with E-state index in [2.05, 4.69) is 17.2 Å². The van der Waals surface area contributed by atoms with Gasteiger partial charge in [-0.3, -0.25) is 9.59 Å². The van der Waals surface area contributed by atoms with Crippen molar-refractivity contribution in [1.29, 1.82) is 0 Å². The molecule has 3 heterocycles. The summed E-state index contributed by atoms with van der Waals surface area (Å²) >= 11 is 0. The highest BCUT2D eigenvalue weighted by Crippen LogP contribution is 2.25. The number of imidazole rings is 1. The first-order valence-corrected chi connectivity index (χ1v) is 10.5. The molecule has 1 fully saturated rings. The predicted octanol–water partition coefficient (Wildman–Crippen LogP) is 2.81. The van der Waals surface area contributed by atoms with Crippen molar-refractivity contribution in [3.8, 4) is 0 Å². The maximum absolute atomic E-state index is 13.2. The lowest BCUT2D eigenvalue weighted by atomic mass is 10.1. The quantitative estimate of drug-likeness (QED) is 0.862. The first-order chi connectivity index (χ1) is 14.1. The second-order valence-electron chi connectivity index (χ2n) is 7.66. The summed E-state index contributed by atoms with van der Waals surface area (Å²) in [6.45, 7) is 7.00. The molecule has 7 heteroatoms. The van der Waals surface area contributed by atoms with Gasteiger partial charge in [-0.1, -0.05) is 25.1 Å². The highest BCUT2D eigenvalue weighted by molar-refractivity contribution is 6.04. The summed E-state index contributed by atoms with van der Waals surface area (Å²) in [4.78, 5) is 32.6. The number of amides is 2. The van der Waals surface area contributed by atoms with Gasteiger partial charge in [-0.2, -0.15) is 0 Å². The molecular weight excluding hydrogens is 368 g/mol. The number of nitrogens with one attached hydrogen (secondary N) is 1. The zero-order chi connectivity index (χ0) is 20.4. The fraction of sp³-hybridized carbons (Fsp3) is 0.500. The Morgan fingerprint density at radius 2 is 1.97 bits per heavy atom. The largest absolute Gasteiger partial charge is 0.378 e. The summed E-state index contributed by atoms with van der Waals surface area (Å²) in [6, 6.07) is 6.01. The van der Waals surface area contributed by atoms with Gasteiger partial charge in [-0.05, 0) is 43.7 Å². The summed E-state index contributed by atoms with van der Waals surface area (Å²) < 4.78 is 7.30. The summed E-state index contributed by atoms with van der Waals surface area (Å²) in [5.74, 6) is -0.0112. The smallest absolute Gasteiger partial charge is 0.291 e. The highest BCUT2D eigenvalue weighted by Gasteiger charge is 2.30. The van der Waals surface area contributed by atoms with Gasteiger partial charge in [-0.15, -0.1) is 0 Å². The zero-order valence-corrected chi connectivity index (χ0v) is 17.2. The number of morpholine rings is 1. The molecule has 2 aliphatic rings. The van der Waals surface area contributed by atoms with Crippen molar-refractivity contribution >= 4 is 17.5 Å². The number of hydrogen-bond acceptors (Lipinski definition) is 4. The molecule has 29 heavy (non-hydrogen) atoms. The van der Waals surface area contributed by atoms with Crippen LogP contribution in [0.3, 0.4) is 0 Å². The fourth-order valence-corrected chi connectivity index (χ4v) is 4.18. The molecule has 154 valence electrons. The van der Waals surface area contributed by atoms with E-state index < -0.39 is 0 Å². The van der Waals surface area contributed by atoms with E-state index in [4.69, 9.17) is 4.74 Å². The van der Waals surface area contributed by atoms with Crippen molar-refractivity contribution in [1.82, 2.24) is 14.5 Å². The predicted molar refractivity (Wildman–Crippen MR) is 110 cm³/mol. The van der Waals surface area contributed by atoms with Gasteiger partial charge in [0.2, 0.25) is 0 Å². The molecule has 1 N–H and O–H groups in total. The van der Waals surface area contributed by atoms with Crippen molar-refractivity contribution in [3.63, 3.8) is 0 Å². The van der Waals surface area contributed by atoms with Gasteiger partial charge in [0, 0.05) is 25.3 Å². The van der Waals surface area contributed by atoms with E-state index in [0.717, 1.165) is 54.7 Å². The Kier molecular flexibility index (Phi) is 5.67.